The van der Waals surface area contributed by atoms with Crippen molar-refractivity contribution in [2.24, 2.45) is 5.92 Å². The van der Waals surface area contributed by atoms with Crippen LogP contribution in [-0.2, 0) is 10.0 Å². The zero-order chi connectivity index (χ0) is 13.3. The highest BCUT2D eigenvalue weighted by molar-refractivity contribution is 7.89. The van der Waals surface area contributed by atoms with Crippen LogP contribution in [0.1, 0.15) is 17.9 Å². The molecule has 6 nitrogen and oxygen atoms in total. The molecule has 2 heterocycles. The first-order chi connectivity index (χ1) is 8.46. The second kappa shape index (κ2) is 6.21. The number of aryl methyl sites for hydroxylation is 2. The molecule has 1 N–H and O–H groups in total. The molecule has 0 radical (unpaired) electrons. The van der Waals surface area contributed by atoms with Crippen LogP contribution in [0.15, 0.2) is 9.42 Å². The van der Waals surface area contributed by atoms with Gasteiger partial charge in [-0.05, 0) is 39.8 Å². The molecule has 1 aliphatic rings. The van der Waals surface area contributed by atoms with Crippen molar-refractivity contribution in [3.8, 4) is 0 Å². The van der Waals surface area contributed by atoms with Crippen molar-refractivity contribution in [2.75, 3.05) is 26.7 Å². The Hall–Kier alpha value is -0.630. The number of rotatable bonds is 4. The van der Waals surface area contributed by atoms with Crippen molar-refractivity contribution >= 4 is 22.4 Å². The molecule has 1 atom stereocenters. The predicted molar refractivity (Wildman–Crippen MR) is 74.0 cm³/mol. The summed E-state index contributed by atoms with van der Waals surface area (Å²) in [5, 5.41) is 6.80. The number of hydrogen-bond donors (Lipinski definition) is 1. The maximum atomic E-state index is 12.5. The lowest BCUT2D eigenvalue weighted by Gasteiger charge is -2.16. The molecule has 110 valence electrons. The first kappa shape index (κ1) is 16.4. The Morgan fingerprint density at radius 2 is 2.16 bits per heavy atom. The van der Waals surface area contributed by atoms with Gasteiger partial charge < -0.3 is 9.84 Å². The molecule has 8 heteroatoms. The fourth-order valence-electron chi connectivity index (χ4n) is 2.44. The average Bonchev–Trinajstić information content (AvgIpc) is 2.87. The smallest absolute Gasteiger partial charge is 0.248 e. The third-order valence-corrected chi connectivity index (χ3v) is 5.42. The van der Waals surface area contributed by atoms with E-state index < -0.39 is 10.0 Å². The lowest BCUT2D eigenvalue weighted by Crippen LogP contribution is -2.31. The topological polar surface area (TPSA) is 75.4 Å². The molecule has 1 aliphatic heterocycles. The van der Waals surface area contributed by atoms with Gasteiger partial charge in [-0.2, -0.15) is 4.31 Å². The Morgan fingerprint density at radius 3 is 2.68 bits per heavy atom. The van der Waals surface area contributed by atoms with Gasteiger partial charge in [0.15, 0.2) is 5.76 Å². The third kappa shape index (κ3) is 3.10. The fraction of sp³-hybridized carbons (Fsp3) is 0.727. The van der Waals surface area contributed by atoms with Gasteiger partial charge in [-0.15, -0.1) is 12.4 Å². The molecule has 0 aliphatic carbocycles. The van der Waals surface area contributed by atoms with Crippen LogP contribution < -0.4 is 5.32 Å². The third-order valence-electron chi connectivity index (χ3n) is 3.31. The number of sulfonamides is 1. The van der Waals surface area contributed by atoms with Gasteiger partial charge in [0.05, 0.1) is 0 Å². The summed E-state index contributed by atoms with van der Waals surface area (Å²) in [4.78, 5) is 0.229. The van der Waals surface area contributed by atoms with E-state index in [9.17, 15) is 8.42 Å². The van der Waals surface area contributed by atoms with Gasteiger partial charge in [-0.1, -0.05) is 5.16 Å². The molecule has 1 aromatic heterocycles. The first-order valence-corrected chi connectivity index (χ1v) is 7.48. The van der Waals surface area contributed by atoms with Gasteiger partial charge in [-0.25, -0.2) is 8.42 Å². The molecule has 1 saturated heterocycles. The molecule has 0 spiro atoms. The Morgan fingerprint density at radius 1 is 1.47 bits per heavy atom. The van der Waals surface area contributed by atoms with Gasteiger partial charge in [0.25, 0.3) is 0 Å². The molecule has 0 bridgehead atoms. The SMILES string of the molecule is CNCC1CCN(S(=O)(=O)c2c(C)noc2C)C1.Cl. The molecule has 2 rings (SSSR count). The second-order valence-corrected chi connectivity index (χ2v) is 6.60. The Bertz CT molecular complexity index is 510. The van der Waals surface area contributed by atoms with Crippen molar-refractivity contribution in [1.82, 2.24) is 14.8 Å². The lowest BCUT2D eigenvalue weighted by atomic mass is 10.1. The molecular weight excluding hydrogens is 290 g/mol. The number of halogens is 1. The maximum Gasteiger partial charge on any atom is 0.248 e. The normalized spacial score (nSPS) is 20.5. The minimum absolute atomic E-state index is 0. The maximum absolute atomic E-state index is 12.5. The standard InChI is InChI=1S/C11H19N3O3S.ClH/c1-8-11(9(2)17-13-8)18(15,16)14-5-4-10(7-14)6-12-3;/h10,12H,4-7H2,1-3H3;1H. The summed E-state index contributed by atoms with van der Waals surface area (Å²) in [5.74, 6) is 0.745. The van der Waals surface area contributed by atoms with Gasteiger partial charge >= 0.3 is 0 Å². The van der Waals surface area contributed by atoms with Gasteiger partial charge in [-0.3, -0.25) is 0 Å². The van der Waals surface area contributed by atoms with Crippen LogP contribution >= 0.6 is 12.4 Å². The van der Waals surface area contributed by atoms with Crippen molar-refractivity contribution in [3.05, 3.63) is 11.5 Å². The molecular formula is C11H20ClN3O3S. The van der Waals surface area contributed by atoms with E-state index in [-0.39, 0.29) is 17.3 Å². The zero-order valence-corrected chi connectivity index (χ0v) is 13.0. The summed E-state index contributed by atoms with van der Waals surface area (Å²) in [7, 11) is -1.58. The number of hydrogen-bond acceptors (Lipinski definition) is 5. The van der Waals surface area contributed by atoms with Crippen LogP contribution in [0.3, 0.4) is 0 Å². The summed E-state index contributed by atoms with van der Waals surface area (Å²) < 4.78 is 31.5. The van der Waals surface area contributed by atoms with E-state index in [2.05, 4.69) is 10.5 Å². The summed E-state index contributed by atoms with van der Waals surface area (Å²) >= 11 is 0. The molecule has 0 saturated carbocycles. The van der Waals surface area contributed by atoms with E-state index in [4.69, 9.17) is 4.52 Å². The van der Waals surface area contributed by atoms with E-state index >= 15 is 0 Å². The van der Waals surface area contributed by atoms with E-state index in [1.165, 1.54) is 4.31 Å². The first-order valence-electron chi connectivity index (χ1n) is 6.04. The Kier molecular flexibility index (Phi) is 5.37. The minimum Gasteiger partial charge on any atom is -0.360 e. The average molecular weight is 310 g/mol. The number of nitrogens with one attached hydrogen (secondary N) is 1. The van der Waals surface area contributed by atoms with Crippen LogP contribution in [0.2, 0.25) is 0 Å². The summed E-state index contributed by atoms with van der Waals surface area (Å²) in [6.45, 7) is 5.26. The number of nitrogens with zero attached hydrogens (tertiary/aromatic N) is 2. The summed E-state index contributed by atoms with van der Waals surface area (Å²) in [6, 6.07) is 0. The molecule has 0 amide bonds. The van der Waals surface area contributed by atoms with Crippen LogP contribution in [0.5, 0.6) is 0 Å². The van der Waals surface area contributed by atoms with Crippen molar-refractivity contribution < 1.29 is 12.9 Å². The van der Waals surface area contributed by atoms with Crippen LogP contribution in [0.25, 0.3) is 0 Å². The van der Waals surface area contributed by atoms with E-state index in [1.807, 2.05) is 7.05 Å². The Balaban J connectivity index is 0.00000180. The van der Waals surface area contributed by atoms with Gasteiger partial charge in [0.1, 0.15) is 10.6 Å². The molecule has 1 fully saturated rings. The number of aromatic nitrogens is 1. The van der Waals surface area contributed by atoms with E-state index in [0.717, 1.165) is 13.0 Å². The minimum atomic E-state index is -3.46. The fourth-order valence-corrected chi connectivity index (χ4v) is 4.26. The molecule has 0 aromatic carbocycles. The van der Waals surface area contributed by atoms with E-state index in [1.54, 1.807) is 13.8 Å². The molecule has 1 aromatic rings. The Labute approximate surface area is 120 Å². The highest BCUT2D eigenvalue weighted by atomic mass is 35.5. The molecule has 1 unspecified atom stereocenters. The highest BCUT2D eigenvalue weighted by Gasteiger charge is 2.35. The second-order valence-electron chi connectivity index (χ2n) is 4.73. The van der Waals surface area contributed by atoms with Crippen molar-refractivity contribution in [2.45, 2.75) is 25.2 Å². The molecule has 19 heavy (non-hydrogen) atoms. The largest absolute Gasteiger partial charge is 0.360 e. The zero-order valence-electron chi connectivity index (χ0n) is 11.3. The van der Waals surface area contributed by atoms with E-state index in [0.29, 0.717) is 30.5 Å². The van der Waals surface area contributed by atoms with Crippen LogP contribution in [0.4, 0.5) is 0 Å². The lowest BCUT2D eigenvalue weighted by molar-refractivity contribution is 0.389. The predicted octanol–water partition coefficient (Wildman–Crippen LogP) is 0.943. The van der Waals surface area contributed by atoms with Gasteiger partial charge in [0, 0.05) is 13.1 Å². The summed E-state index contributed by atoms with van der Waals surface area (Å²) in [6.07, 6.45) is 0.892. The van der Waals surface area contributed by atoms with Crippen LogP contribution in [0, 0.1) is 19.8 Å². The monoisotopic (exact) mass is 309 g/mol. The van der Waals surface area contributed by atoms with Crippen molar-refractivity contribution in [3.63, 3.8) is 0 Å². The quantitative estimate of drug-likeness (QED) is 0.896. The van der Waals surface area contributed by atoms with Crippen molar-refractivity contribution in [1.29, 1.82) is 0 Å². The van der Waals surface area contributed by atoms with Gasteiger partial charge in [0.2, 0.25) is 10.0 Å². The summed E-state index contributed by atoms with van der Waals surface area (Å²) in [5.41, 5.74) is 0.435. The van der Waals surface area contributed by atoms with Crippen LogP contribution in [-0.4, -0.2) is 44.6 Å². The highest BCUT2D eigenvalue weighted by Crippen LogP contribution is 2.27.